The SMILES string of the molecule is C/C=C/CC1=C(C)C(OC(=O)C2C(/C=C(\C)C(=O)OC)C2(C)C)CC1=O. The number of allylic oxidation sites excluding steroid dienone is 4. The number of carbonyl (C=O) groups excluding carboxylic acids is 3. The van der Waals surface area contributed by atoms with E-state index in [0.29, 0.717) is 12.0 Å². The molecule has 0 aromatic carbocycles. The van der Waals surface area contributed by atoms with Gasteiger partial charge in [0.1, 0.15) is 6.10 Å². The fraction of sp³-hybridized carbons (Fsp3) is 0.571. The third-order valence-corrected chi connectivity index (χ3v) is 5.58. The number of esters is 2. The van der Waals surface area contributed by atoms with Crippen molar-refractivity contribution in [1.82, 2.24) is 0 Å². The van der Waals surface area contributed by atoms with Crippen molar-refractivity contribution < 1.29 is 23.9 Å². The normalized spacial score (nSPS) is 27.8. The highest BCUT2D eigenvalue weighted by molar-refractivity contribution is 6.00. The van der Waals surface area contributed by atoms with E-state index in [1.54, 1.807) is 13.0 Å². The number of carbonyl (C=O) groups is 3. The number of hydrogen-bond donors (Lipinski definition) is 0. The van der Waals surface area contributed by atoms with Crippen molar-refractivity contribution in [1.29, 1.82) is 0 Å². The Morgan fingerprint density at radius 2 is 1.96 bits per heavy atom. The molecule has 1 fully saturated rings. The lowest BCUT2D eigenvalue weighted by Crippen LogP contribution is -2.20. The van der Waals surface area contributed by atoms with Gasteiger partial charge in [-0.1, -0.05) is 32.1 Å². The first-order valence-corrected chi connectivity index (χ1v) is 8.96. The zero-order valence-corrected chi connectivity index (χ0v) is 16.4. The fourth-order valence-electron chi connectivity index (χ4n) is 3.65. The fourth-order valence-corrected chi connectivity index (χ4v) is 3.65. The summed E-state index contributed by atoms with van der Waals surface area (Å²) in [4.78, 5) is 36.4. The van der Waals surface area contributed by atoms with Crippen molar-refractivity contribution in [2.24, 2.45) is 17.3 Å². The van der Waals surface area contributed by atoms with E-state index in [1.807, 2.05) is 39.8 Å². The van der Waals surface area contributed by atoms with Crippen LogP contribution in [0.2, 0.25) is 0 Å². The summed E-state index contributed by atoms with van der Waals surface area (Å²) in [6, 6.07) is 0. The van der Waals surface area contributed by atoms with Crippen LogP contribution in [0.4, 0.5) is 0 Å². The maximum Gasteiger partial charge on any atom is 0.333 e. The standard InChI is InChI=1S/C21H28O5/c1-7-8-9-14-13(3)17(11-16(14)22)26-20(24)18-15(21(18,4)5)10-12(2)19(23)25-6/h7-8,10,15,17-18H,9,11H2,1-6H3/b8-7+,12-10+. The summed E-state index contributed by atoms with van der Waals surface area (Å²) >= 11 is 0. The molecule has 0 aromatic rings. The number of hydrogen-bond acceptors (Lipinski definition) is 5. The van der Waals surface area contributed by atoms with Gasteiger partial charge in [-0.2, -0.15) is 0 Å². The molecule has 0 aromatic heterocycles. The van der Waals surface area contributed by atoms with Gasteiger partial charge >= 0.3 is 11.9 Å². The minimum atomic E-state index is -0.474. The van der Waals surface area contributed by atoms with Gasteiger partial charge in [-0.05, 0) is 44.1 Å². The lowest BCUT2D eigenvalue weighted by atomic mass is 10.1. The van der Waals surface area contributed by atoms with Crippen LogP contribution >= 0.6 is 0 Å². The van der Waals surface area contributed by atoms with Gasteiger partial charge in [0.25, 0.3) is 0 Å². The van der Waals surface area contributed by atoms with Crippen molar-refractivity contribution >= 4 is 17.7 Å². The Kier molecular flexibility index (Phi) is 5.89. The van der Waals surface area contributed by atoms with Crippen molar-refractivity contribution in [3.05, 3.63) is 34.9 Å². The maximum atomic E-state index is 12.7. The van der Waals surface area contributed by atoms with Crippen LogP contribution in [0.25, 0.3) is 0 Å². The van der Waals surface area contributed by atoms with E-state index < -0.39 is 12.1 Å². The molecule has 0 amide bonds. The Labute approximate surface area is 155 Å². The van der Waals surface area contributed by atoms with Gasteiger partial charge in [0, 0.05) is 11.1 Å². The second-order valence-electron chi connectivity index (χ2n) is 7.65. The molecule has 2 aliphatic carbocycles. The maximum absolute atomic E-state index is 12.7. The Balaban J connectivity index is 2.08. The number of ether oxygens (including phenoxy) is 2. The molecule has 3 unspecified atom stereocenters. The van der Waals surface area contributed by atoms with Crippen molar-refractivity contribution in [2.75, 3.05) is 7.11 Å². The molecule has 142 valence electrons. The van der Waals surface area contributed by atoms with Crippen LogP contribution in [0.1, 0.15) is 47.5 Å². The molecule has 0 spiro atoms. The number of ketones is 1. The molecule has 0 N–H and O–H groups in total. The molecule has 5 heteroatoms. The average molecular weight is 360 g/mol. The van der Waals surface area contributed by atoms with E-state index >= 15 is 0 Å². The summed E-state index contributed by atoms with van der Waals surface area (Å²) in [5.74, 6) is -1.04. The van der Waals surface area contributed by atoms with Crippen LogP contribution in [0.15, 0.2) is 34.9 Å². The average Bonchev–Trinajstić information content (AvgIpc) is 3.01. The van der Waals surface area contributed by atoms with Crippen molar-refractivity contribution in [3.8, 4) is 0 Å². The smallest absolute Gasteiger partial charge is 0.333 e. The number of methoxy groups -OCH3 is 1. The second-order valence-corrected chi connectivity index (χ2v) is 7.65. The highest BCUT2D eigenvalue weighted by atomic mass is 16.5. The number of rotatable bonds is 6. The van der Waals surface area contributed by atoms with Crippen molar-refractivity contribution in [2.45, 2.75) is 53.6 Å². The van der Waals surface area contributed by atoms with E-state index in [9.17, 15) is 14.4 Å². The lowest BCUT2D eigenvalue weighted by molar-refractivity contribution is -0.150. The predicted octanol–water partition coefficient (Wildman–Crippen LogP) is 3.55. The van der Waals surface area contributed by atoms with Crippen LogP contribution in [-0.4, -0.2) is 30.9 Å². The highest BCUT2D eigenvalue weighted by Crippen LogP contribution is 2.60. The summed E-state index contributed by atoms with van der Waals surface area (Å²) in [6.45, 7) is 9.40. The van der Waals surface area contributed by atoms with E-state index in [2.05, 4.69) is 0 Å². The first-order valence-electron chi connectivity index (χ1n) is 8.96. The predicted molar refractivity (Wildman–Crippen MR) is 98.2 cm³/mol. The van der Waals surface area contributed by atoms with Gasteiger partial charge in [-0.25, -0.2) is 4.79 Å². The Hall–Kier alpha value is -2.17. The second kappa shape index (κ2) is 7.60. The third kappa shape index (κ3) is 3.81. The zero-order valence-electron chi connectivity index (χ0n) is 16.4. The van der Waals surface area contributed by atoms with Crippen LogP contribution in [-0.2, 0) is 23.9 Å². The molecule has 26 heavy (non-hydrogen) atoms. The molecule has 3 atom stereocenters. The van der Waals surface area contributed by atoms with E-state index in [1.165, 1.54) is 7.11 Å². The molecule has 0 radical (unpaired) electrons. The first-order chi connectivity index (χ1) is 12.1. The molecular weight excluding hydrogens is 332 g/mol. The van der Waals surface area contributed by atoms with Gasteiger partial charge in [0.15, 0.2) is 5.78 Å². The van der Waals surface area contributed by atoms with E-state index in [-0.39, 0.29) is 35.4 Å². The molecule has 0 saturated heterocycles. The van der Waals surface area contributed by atoms with E-state index in [0.717, 1.165) is 11.1 Å². The summed E-state index contributed by atoms with van der Waals surface area (Å²) in [5, 5.41) is 0. The monoisotopic (exact) mass is 360 g/mol. The molecular formula is C21H28O5. The van der Waals surface area contributed by atoms with Crippen molar-refractivity contribution in [3.63, 3.8) is 0 Å². The van der Waals surface area contributed by atoms with Crippen LogP contribution in [0.5, 0.6) is 0 Å². The van der Waals surface area contributed by atoms with Gasteiger partial charge in [0.05, 0.1) is 19.4 Å². The molecule has 2 aliphatic rings. The van der Waals surface area contributed by atoms with Crippen LogP contribution in [0, 0.1) is 17.3 Å². The third-order valence-electron chi connectivity index (χ3n) is 5.58. The summed E-state index contributed by atoms with van der Waals surface area (Å²) < 4.78 is 10.4. The minimum Gasteiger partial charge on any atom is -0.466 e. The topological polar surface area (TPSA) is 69.7 Å². The zero-order chi connectivity index (χ0) is 19.6. The highest BCUT2D eigenvalue weighted by Gasteiger charge is 2.62. The van der Waals surface area contributed by atoms with Crippen LogP contribution < -0.4 is 0 Å². The molecule has 0 aliphatic heterocycles. The molecule has 0 heterocycles. The summed E-state index contributed by atoms with van der Waals surface area (Å²) in [5.41, 5.74) is 1.80. The molecule has 0 bridgehead atoms. The Morgan fingerprint density at radius 1 is 1.31 bits per heavy atom. The molecule has 1 saturated carbocycles. The minimum absolute atomic E-state index is 0.0476. The molecule has 2 rings (SSSR count). The summed E-state index contributed by atoms with van der Waals surface area (Å²) in [7, 11) is 1.33. The van der Waals surface area contributed by atoms with Gasteiger partial charge in [-0.3, -0.25) is 9.59 Å². The summed E-state index contributed by atoms with van der Waals surface area (Å²) in [6.07, 6.45) is 5.95. The van der Waals surface area contributed by atoms with E-state index in [4.69, 9.17) is 9.47 Å². The lowest BCUT2D eigenvalue weighted by Gasteiger charge is -2.13. The van der Waals surface area contributed by atoms with Gasteiger partial charge in [0.2, 0.25) is 0 Å². The molecule has 5 nitrogen and oxygen atoms in total. The Morgan fingerprint density at radius 3 is 2.54 bits per heavy atom. The quantitative estimate of drug-likeness (QED) is 0.412. The van der Waals surface area contributed by atoms with Gasteiger partial charge in [-0.15, -0.1) is 0 Å². The Bertz CT molecular complexity index is 708. The largest absolute Gasteiger partial charge is 0.466 e. The van der Waals surface area contributed by atoms with Gasteiger partial charge < -0.3 is 9.47 Å². The van der Waals surface area contributed by atoms with Crippen LogP contribution in [0.3, 0.4) is 0 Å². The number of Topliss-reactive ketones (excluding diaryl/α,β-unsaturated/α-hetero) is 1. The first kappa shape index (κ1) is 20.1.